The highest BCUT2D eigenvalue weighted by atomic mass is 16.3. The fourth-order valence-electron chi connectivity index (χ4n) is 3.00. The fraction of sp³-hybridized carbons (Fsp3) is 0.857. The predicted molar refractivity (Wildman–Crippen MR) is 63.6 cm³/mol. The third kappa shape index (κ3) is 1.75. The summed E-state index contributed by atoms with van der Waals surface area (Å²) < 4.78 is 0. The van der Waals surface area contributed by atoms with Crippen molar-refractivity contribution in [3.05, 3.63) is 11.6 Å². The maximum atomic E-state index is 9.28. The summed E-state index contributed by atoms with van der Waals surface area (Å²) in [6, 6.07) is 0. The van der Waals surface area contributed by atoms with Crippen molar-refractivity contribution in [2.75, 3.05) is 6.61 Å². The van der Waals surface area contributed by atoms with Crippen LogP contribution in [0.4, 0.5) is 0 Å². The second-order valence-electron chi connectivity index (χ2n) is 6.49. The Morgan fingerprint density at radius 1 is 1.33 bits per heavy atom. The van der Waals surface area contributed by atoms with Crippen molar-refractivity contribution in [2.24, 2.45) is 22.7 Å². The molecule has 1 nitrogen and oxygen atoms in total. The van der Waals surface area contributed by atoms with E-state index in [1.807, 2.05) is 0 Å². The van der Waals surface area contributed by atoms with Crippen LogP contribution in [0.1, 0.15) is 47.0 Å². The van der Waals surface area contributed by atoms with Crippen LogP contribution in [0.3, 0.4) is 0 Å². The number of allylic oxidation sites excluding steroid dienone is 2. The van der Waals surface area contributed by atoms with Gasteiger partial charge in [0.2, 0.25) is 0 Å². The van der Waals surface area contributed by atoms with Crippen molar-refractivity contribution in [1.29, 1.82) is 0 Å². The van der Waals surface area contributed by atoms with Crippen LogP contribution in [0.25, 0.3) is 0 Å². The zero-order chi connectivity index (χ0) is 11.3. The van der Waals surface area contributed by atoms with Crippen molar-refractivity contribution in [3.8, 4) is 0 Å². The average molecular weight is 208 g/mol. The van der Waals surface area contributed by atoms with Gasteiger partial charge in [-0.1, -0.05) is 32.4 Å². The van der Waals surface area contributed by atoms with Crippen molar-refractivity contribution < 1.29 is 5.11 Å². The molecule has 3 atom stereocenters. The van der Waals surface area contributed by atoms with Crippen LogP contribution >= 0.6 is 0 Å². The molecule has 0 amide bonds. The summed E-state index contributed by atoms with van der Waals surface area (Å²) in [4.78, 5) is 0. The molecule has 0 aromatic heterocycles. The third-order valence-corrected chi connectivity index (χ3v) is 5.21. The molecular formula is C14H24O. The molecule has 86 valence electrons. The predicted octanol–water partition coefficient (Wildman–Crippen LogP) is 3.39. The summed E-state index contributed by atoms with van der Waals surface area (Å²) in [7, 11) is 0. The molecule has 0 radical (unpaired) electrons. The molecule has 0 spiro atoms. The summed E-state index contributed by atoms with van der Waals surface area (Å²) in [6.07, 6.45) is 6.19. The van der Waals surface area contributed by atoms with E-state index < -0.39 is 0 Å². The van der Waals surface area contributed by atoms with Crippen LogP contribution in [0.2, 0.25) is 0 Å². The molecule has 1 N–H and O–H groups in total. The van der Waals surface area contributed by atoms with E-state index in [4.69, 9.17) is 0 Å². The van der Waals surface area contributed by atoms with Crippen LogP contribution in [0.5, 0.6) is 0 Å². The molecule has 15 heavy (non-hydrogen) atoms. The van der Waals surface area contributed by atoms with Gasteiger partial charge in [0.05, 0.1) is 0 Å². The lowest BCUT2D eigenvalue weighted by atomic mass is 9.75. The lowest BCUT2D eigenvalue weighted by Gasteiger charge is -2.30. The second kappa shape index (κ2) is 3.35. The highest BCUT2D eigenvalue weighted by Crippen LogP contribution is 2.58. The molecule has 0 aliphatic heterocycles. The molecule has 2 rings (SSSR count). The number of aliphatic hydroxyl groups excluding tert-OH is 1. The summed E-state index contributed by atoms with van der Waals surface area (Å²) >= 11 is 0. The summed E-state index contributed by atoms with van der Waals surface area (Å²) in [5.74, 6) is 1.57. The first-order valence-electron chi connectivity index (χ1n) is 6.18. The minimum Gasteiger partial charge on any atom is -0.396 e. The van der Waals surface area contributed by atoms with E-state index in [-0.39, 0.29) is 5.41 Å². The number of aliphatic hydroxyl groups is 1. The second-order valence-corrected chi connectivity index (χ2v) is 6.49. The molecule has 1 fully saturated rings. The Bertz CT molecular complexity index is 290. The number of rotatable bonds is 3. The third-order valence-electron chi connectivity index (χ3n) is 5.21. The molecule has 1 heteroatoms. The minimum atomic E-state index is 0.257. The Hall–Kier alpha value is -0.300. The van der Waals surface area contributed by atoms with Gasteiger partial charge in [0.1, 0.15) is 0 Å². The molecule has 0 saturated heterocycles. The summed E-state index contributed by atoms with van der Waals surface area (Å²) in [5.41, 5.74) is 2.20. The van der Waals surface area contributed by atoms with E-state index >= 15 is 0 Å². The van der Waals surface area contributed by atoms with E-state index in [0.29, 0.717) is 12.0 Å². The first-order valence-corrected chi connectivity index (χ1v) is 6.18. The Labute approximate surface area is 93.6 Å². The summed E-state index contributed by atoms with van der Waals surface area (Å²) in [5, 5.41) is 9.28. The fourth-order valence-corrected chi connectivity index (χ4v) is 3.00. The van der Waals surface area contributed by atoms with Crippen LogP contribution in [-0.4, -0.2) is 11.7 Å². The van der Waals surface area contributed by atoms with Gasteiger partial charge in [0, 0.05) is 6.61 Å². The Kier molecular flexibility index (Phi) is 2.50. The largest absolute Gasteiger partial charge is 0.396 e. The average Bonchev–Trinajstić information content (AvgIpc) is 2.76. The van der Waals surface area contributed by atoms with Crippen molar-refractivity contribution in [2.45, 2.75) is 47.0 Å². The molecule has 0 aromatic rings. The molecule has 2 aliphatic rings. The monoisotopic (exact) mass is 208 g/mol. The lowest BCUT2D eigenvalue weighted by molar-refractivity contribution is 0.192. The molecule has 1 unspecified atom stereocenters. The molecular weight excluding hydrogens is 184 g/mol. The smallest absolute Gasteiger partial charge is 0.0487 e. The highest BCUT2D eigenvalue weighted by Gasteiger charge is 2.51. The molecule has 0 aromatic carbocycles. The zero-order valence-electron chi connectivity index (χ0n) is 10.5. The molecule has 1 saturated carbocycles. The topological polar surface area (TPSA) is 20.2 Å². The number of hydrogen-bond acceptors (Lipinski definition) is 1. The van der Waals surface area contributed by atoms with E-state index in [2.05, 4.69) is 33.8 Å². The summed E-state index contributed by atoms with van der Waals surface area (Å²) in [6.45, 7) is 9.60. The Balaban J connectivity index is 1.94. The number of hydrogen-bond donors (Lipinski definition) is 1. The van der Waals surface area contributed by atoms with Gasteiger partial charge in [-0.15, -0.1) is 0 Å². The van der Waals surface area contributed by atoms with Crippen LogP contribution in [-0.2, 0) is 0 Å². The minimum absolute atomic E-state index is 0.257. The molecule has 0 bridgehead atoms. The van der Waals surface area contributed by atoms with Crippen LogP contribution in [0, 0.1) is 22.7 Å². The van der Waals surface area contributed by atoms with E-state index in [1.165, 1.54) is 19.3 Å². The van der Waals surface area contributed by atoms with E-state index in [9.17, 15) is 5.11 Å². The maximum absolute atomic E-state index is 9.28. The maximum Gasteiger partial charge on any atom is 0.0487 e. The van der Waals surface area contributed by atoms with Gasteiger partial charge in [0.15, 0.2) is 0 Å². The van der Waals surface area contributed by atoms with Gasteiger partial charge < -0.3 is 5.11 Å². The molecule has 2 aliphatic carbocycles. The van der Waals surface area contributed by atoms with Crippen LogP contribution < -0.4 is 0 Å². The normalized spacial score (nSPS) is 42.9. The van der Waals surface area contributed by atoms with Gasteiger partial charge >= 0.3 is 0 Å². The SMILES string of the molecule is CC1=CCC(C[C@@H]2C[C@@]2(C)CO)C1(C)C. The lowest BCUT2D eigenvalue weighted by Crippen LogP contribution is -2.22. The standard InChI is InChI=1S/C14H24O/c1-10-5-6-11(13(10,2)3)7-12-8-14(12,4)9-15/h5,11-12,15H,6-9H2,1-4H3/t11?,12-,14+/m1/s1. The van der Waals surface area contributed by atoms with Crippen molar-refractivity contribution >= 4 is 0 Å². The zero-order valence-corrected chi connectivity index (χ0v) is 10.5. The first kappa shape index (κ1) is 11.2. The first-order chi connectivity index (χ1) is 6.90. The van der Waals surface area contributed by atoms with Crippen molar-refractivity contribution in [3.63, 3.8) is 0 Å². The van der Waals surface area contributed by atoms with Gasteiger partial charge in [-0.25, -0.2) is 0 Å². The highest BCUT2D eigenvalue weighted by molar-refractivity contribution is 5.19. The van der Waals surface area contributed by atoms with Crippen LogP contribution in [0.15, 0.2) is 11.6 Å². The van der Waals surface area contributed by atoms with Gasteiger partial charge in [-0.3, -0.25) is 0 Å². The van der Waals surface area contributed by atoms with E-state index in [1.54, 1.807) is 5.57 Å². The Morgan fingerprint density at radius 2 is 2.00 bits per heavy atom. The van der Waals surface area contributed by atoms with Gasteiger partial charge in [-0.05, 0) is 48.9 Å². The van der Waals surface area contributed by atoms with Gasteiger partial charge in [-0.2, -0.15) is 0 Å². The quantitative estimate of drug-likeness (QED) is 0.705. The van der Waals surface area contributed by atoms with Gasteiger partial charge in [0.25, 0.3) is 0 Å². The molecule has 0 heterocycles. The van der Waals surface area contributed by atoms with Crippen molar-refractivity contribution in [1.82, 2.24) is 0 Å². The van der Waals surface area contributed by atoms with E-state index in [0.717, 1.165) is 11.8 Å². The Morgan fingerprint density at radius 3 is 2.40 bits per heavy atom.